The number of rotatable bonds is 4. The molecule has 0 aromatic carbocycles. The minimum absolute atomic E-state index is 0.0816. The van der Waals surface area contributed by atoms with Gasteiger partial charge in [-0.15, -0.1) is 10.2 Å². The zero-order chi connectivity index (χ0) is 21.5. The maximum atomic E-state index is 5.63. The molecule has 6 rings (SSSR count). The van der Waals surface area contributed by atoms with E-state index in [-0.39, 0.29) is 6.04 Å². The molecule has 0 radical (unpaired) electrons. The summed E-state index contributed by atoms with van der Waals surface area (Å²) in [7, 11) is 0. The average Bonchev–Trinajstić information content (AvgIpc) is 3.54. The van der Waals surface area contributed by atoms with E-state index in [1.165, 1.54) is 0 Å². The number of ether oxygens (including phenoxy) is 1. The molecule has 2 aliphatic rings. The average molecular weight is 430 g/mol. The van der Waals surface area contributed by atoms with E-state index in [1.54, 1.807) is 31.1 Å². The number of imidazole rings is 1. The molecule has 0 saturated carbocycles. The second kappa shape index (κ2) is 7.75. The van der Waals surface area contributed by atoms with Crippen LogP contribution in [0.5, 0.6) is 0 Å². The first-order valence-electron chi connectivity index (χ1n) is 10.8. The summed E-state index contributed by atoms with van der Waals surface area (Å²) >= 11 is 0. The van der Waals surface area contributed by atoms with Gasteiger partial charge < -0.3 is 9.64 Å². The summed E-state index contributed by atoms with van der Waals surface area (Å²) in [5, 5.41) is 8.62. The Kier molecular flexibility index (Phi) is 4.60. The minimum atomic E-state index is 0.0816. The third-order valence-corrected chi connectivity index (χ3v) is 6.07. The Morgan fingerprint density at radius 2 is 1.94 bits per heavy atom. The van der Waals surface area contributed by atoms with Crippen LogP contribution in [0, 0.1) is 0 Å². The van der Waals surface area contributed by atoms with E-state index in [2.05, 4.69) is 42.0 Å². The molecule has 11 heteroatoms. The minimum Gasteiger partial charge on any atom is -0.381 e. The predicted molar refractivity (Wildman–Crippen MR) is 114 cm³/mol. The van der Waals surface area contributed by atoms with Gasteiger partial charge in [-0.3, -0.25) is 14.1 Å². The van der Waals surface area contributed by atoms with Crippen molar-refractivity contribution in [2.24, 2.45) is 0 Å². The van der Waals surface area contributed by atoms with E-state index in [9.17, 15) is 0 Å². The van der Waals surface area contributed by atoms with Gasteiger partial charge in [0.05, 0.1) is 18.4 Å². The van der Waals surface area contributed by atoms with Gasteiger partial charge in [0.2, 0.25) is 5.95 Å². The van der Waals surface area contributed by atoms with Gasteiger partial charge in [-0.25, -0.2) is 15.0 Å². The summed E-state index contributed by atoms with van der Waals surface area (Å²) in [4.78, 5) is 25.1. The van der Waals surface area contributed by atoms with Crippen LogP contribution in [0.25, 0.3) is 23.2 Å². The number of anilines is 1. The van der Waals surface area contributed by atoms with Crippen molar-refractivity contribution in [2.45, 2.75) is 38.3 Å². The first kappa shape index (κ1) is 19.0. The van der Waals surface area contributed by atoms with Crippen LogP contribution in [0.1, 0.15) is 38.1 Å². The second-order valence-electron chi connectivity index (χ2n) is 7.82. The topological polar surface area (TPSA) is 113 Å². The molecule has 1 atom stereocenters. The Morgan fingerprint density at radius 1 is 1.03 bits per heavy atom. The fraction of sp³-hybridized carbons (Fsp3) is 0.381. The largest absolute Gasteiger partial charge is 0.381 e. The Balaban J connectivity index is 1.50. The van der Waals surface area contributed by atoms with Crippen LogP contribution in [0.4, 0.5) is 5.82 Å². The van der Waals surface area contributed by atoms with Crippen LogP contribution < -0.4 is 4.90 Å². The van der Waals surface area contributed by atoms with E-state index < -0.39 is 0 Å². The summed E-state index contributed by atoms with van der Waals surface area (Å²) in [6.45, 7) is 3.66. The van der Waals surface area contributed by atoms with Crippen molar-refractivity contribution in [3.05, 3.63) is 49.3 Å². The third kappa shape index (κ3) is 2.96. The van der Waals surface area contributed by atoms with Gasteiger partial charge in [-0.05, 0) is 19.3 Å². The summed E-state index contributed by atoms with van der Waals surface area (Å²) in [6, 6.07) is 0.390. The molecule has 0 N–H and O–H groups in total. The zero-order valence-corrected chi connectivity index (χ0v) is 17.6. The molecule has 0 spiro atoms. The molecule has 4 aromatic heterocycles. The summed E-state index contributed by atoms with van der Waals surface area (Å²) in [5.41, 5.74) is 1.54. The normalized spacial score (nSPS) is 18.4. The van der Waals surface area contributed by atoms with Crippen molar-refractivity contribution in [1.82, 2.24) is 44.3 Å². The predicted octanol–water partition coefficient (Wildman–Crippen LogP) is 2.15. The van der Waals surface area contributed by atoms with Gasteiger partial charge in [0.25, 0.3) is 0 Å². The fourth-order valence-electron chi connectivity index (χ4n) is 4.60. The van der Waals surface area contributed by atoms with Gasteiger partial charge in [0.1, 0.15) is 17.7 Å². The van der Waals surface area contributed by atoms with Gasteiger partial charge in [-0.2, -0.15) is 4.98 Å². The number of aromatic nitrogens is 9. The fourth-order valence-corrected chi connectivity index (χ4v) is 4.60. The number of fused-ring (bicyclic) bond motifs is 3. The van der Waals surface area contributed by atoms with Gasteiger partial charge in [-0.1, -0.05) is 6.92 Å². The molecular weight excluding hydrogens is 408 g/mol. The maximum absolute atomic E-state index is 5.63. The molecule has 2 aliphatic heterocycles. The third-order valence-electron chi connectivity index (χ3n) is 6.07. The van der Waals surface area contributed by atoms with Crippen LogP contribution >= 0.6 is 0 Å². The highest BCUT2D eigenvalue weighted by Gasteiger charge is 2.38. The Morgan fingerprint density at radius 3 is 2.75 bits per heavy atom. The highest BCUT2D eigenvalue weighted by Crippen LogP contribution is 2.41. The van der Waals surface area contributed by atoms with E-state index in [0.29, 0.717) is 23.5 Å². The first-order valence-corrected chi connectivity index (χ1v) is 10.8. The van der Waals surface area contributed by atoms with Crippen molar-refractivity contribution in [3.8, 4) is 23.2 Å². The van der Waals surface area contributed by atoms with Gasteiger partial charge in [0.15, 0.2) is 17.5 Å². The monoisotopic (exact) mass is 430 g/mol. The van der Waals surface area contributed by atoms with E-state index in [1.807, 2.05) is 21.5 Å². The van der Waals surface area contributed by atoms with Crippen LogP contribution in [0.2, 0.25) is 0 Å². The summed E-state index contributed by atoms with van der Waals surface area (Å²) in [5.74, 6) is 2.97. The Bertz CT molecular complexity index is 1230. The lowest BCUT2D eigenvalue weighted by molar-refractivity contribution is 0.0817. The van der Waals surface area contributed by atoms with Crippen molar-refractivity contribution in [2.75, 3.05) is 18.1 Å². The van der Waals surface area contributed by atoms with Crippen molar-refractivity contribution in [1.29, 1.82) is 0 Å². The smallest absolute Gasteiger partial charge is 0.237 e. The molecule has 6 heterocycles. The molecular formula is C21H22N10O. The SMILES string of the molecule is CC[C@@H]1c2nncn2-c2cnc(-n3ccnc3-c3cnccn3)nc2N1C1CCOCC1. The summed E-state index contributed by atoms with van der Waals surface area (Å²) < 4.78 is 9.47. The van der Waals surface area contributed by atoms with Crippen LogP contribution in [0.3, 0.4) is 0 Å². The van der Waals surface area contributed by atoms with Crippen molar-refractivity contribution < 1.29 is 4.74 Å². The number of nitrogens with zero attached hydrogens (tertiary/aromatic N) is 10. The quantitative estimate of drug-likeness (QED) is 0.480. The number of hydrogen-bond acceptors (Lipinski definition) is 9. The Labute approximate surface area is 184 Å². The standard InChI is InChI=1S/C21H22N10O/c1-2-16-20-28-26-13-30(20)17-12-25-21(27-19(17)31(16)14-3-9-32-10-4-14)29-8-7-24-18(29)15-11-22-5-6-23-15/h5-8,11-14,16H,2-4,9-10H2,1H3/t16-/m1/s1. The lowest BCUT2D eigenvalue weighted by atomic mass is 10.0. The van der Waals surface area contributed by atoms with Gasteiger partial charge >= 0.3 is 0 Å². The van der Waals surface area contributed by atoms with Crippen LogP contribution in [-0.2, 0) is 4.74 Å². The van der Waals surface area contributed by atoms with E-state index in [0.717, 1.165) is 49.8 Å². The van der Waals surface area contributed by atoms with Gasteiger partial charge in [0, 0.05) is 44.0 Å². The lowest BCUT2D eigenvalue weighted by Gasteiger charge is -2.43. The molecule has 0 aliphatic carbocycles. The lowest BCUT2D eigenvalue weighted by Crippen LogP contribution is -2.45. The van der Waals surface area contributed by atoms with E-state index in [4.69, 9.17) is 9.72 Å². The Hall–Kier alpha value is -3.73. The molecule has 1 fully saturated rings. The molecule has 11 nitrogen and oxygen atoms in total. The molecule has 0 bridgehead atoms. The number of hydrogen-bond donors (Lipinski definition) is 0. The van der Waals surface area contributed by atoms with Crippen LogP contribution in [-0.4, -0.2) is 63.5 Å². The molecule has 1 saturated heterocycles. The second-order valence-corrected chi connectivity index (χ2v) is 7.82. The first-order chi connectivity index (χ1) is 15.8. The molecule has 0 amide bonds. The van der Waals surface area contributed by atoms with Crippen LogP contribution in [0.15, 0.2) is 43.5 Å². The molecule has 4 aromatic rings. The van der Waals surface area contributed by atoms with Crippen molar-refractivity contribution in [3.63, 3.8) is 0 Å². The highest BCUT2D eigenvalue weighted by atomic mass is 16.5. The van der Waals surface area contributed by atoms with Crippen molar-refractivity contribution >= 4 is 5.82 Å². The zero-order valence-electron chi connectivity index (χ0n) is 17.6. The van der Waals surface area contributed by atoms with E-state index >= 15 is 0 Å². The highest BCUT2D eigenvalue weighted by molar-refractivity contribution is 5.63. The molecule has 162 valence electrons. The maximum Gasteiger partial charge on any atom is 0.237 e. The molecule has 32 heavy (non-hydrogen) atoms. The summed E-state index contributed by atoms with van der Waals surface area (Å²) in [6.07, 6.45) is 14.9. The molecule has 0 unspecified atom stereocenters.